The van der Waals surface area contributed by atoms with Gasteiger partial charge >= 0.3 is 62.5 Å². The van der Waals surface area contributed by atoms with Crippen LogP contribution in [0.3, 0.4) is 0 Å². The Morgan fingerprint density at radius 1 is 0.214 bits per heavy atom. The first kappa shape index (κ1) is 59.5. The molecule has 0 amide bonds. The summed E-state index contributed by atoms with van der Waals surface area (Å²) in [4.78, 5) is 105. The van der Waals surface area contributed by atoms with Gasteiger partial charge in [0.25, 0.3) is 0 Å². The second-order valence-electron chi connectivity index (χ2n) is 17.3. The summed E-state index contributed by atoms with van der Waals surface area (Å²) >= 11 is 0. The number of fused-ring (bicyclic) bond motifs is 8. The first-order valence-corrected chi connectivity index (χ1v) is 27.4. The molecule has 36 heteroatoms. The molecule has 0 aliphatic rings. The van der Waals surface area contributed by atoms with E-state index in [2.05, 4.69) is 16.7 Å². The number of hydrogen-bond donors (Lipinski definition) is 0. The molecular weight excluding hydrogens is 1250 g/mol. The molecule has 10 rings (SSSR count). The fourth-order valence-electron chi connectivity index (χ4n) is 8.40. The highest BCUT2D eigenvalue weighted by atomic mass is 32.2. The van der Waals surface area contributed by atoms with E-state index in [9.17, 15) is 125 Å². The summed E-state index contributed by atoms with van der Waals surface area (Å²) in [5, 5.41) is -7.50. The molecule has 0 saturated carbocycles. The average Bonchev–Trinajstić information content (AvgIpc) is 0.832. The minimum absolute atomic E-state index is 0.383. The second-order valence-corrected chi connectivity index (χ2v) is 23.4. The fourth-order valence-corrected chi connectivity index (χ4v) is 10.2. The van der Waals surface area contributed by atoms with Gasteiger partial charge in [-0.1, -0.05) is 0 Å². The molecule has 20 nitrogen and oxygen atoms in total. The molecule has 10 aromatic rings. The molecular formula is C48H16F12O20S4. The van der Waals surface area contributed by atoms with Crippen molar-refractivity contribution >= 4 is 127 Å². The van der Waals surface area contributed by atoms with Crippen LogP contribution in [0.5, 0.6) is 23.0 Å². The van der Waals surface area contributed by atoms with Crippen LogP contribution in [0.15, 0.2) is 135 Å². The predicted molar refractivity (Wildman–Crippen MR) is 270 cm³/mol. The highest BCUT2D eigenvalue weighted by Gasteiger charge is 2.51. The van der Waals surface area contributed by atoms with E-state index in [0.717, 1.165) is 48.5 Å². The third kappa shape index (κ3) is 9.90. The van der Waals surface area contributed by atoms with E-state index in [1.165, 1.54) is 0 Å². The Hall–Kier alpha value is -9.16. The maximum atomic E-state index is 13.2. The Balaban J connectivity index is 0.000000202. The zero-order chi connectivity index (χ0) is 62.3. The lowest BCUT2D eigenvalue weighted by Gasteiger charge is -2.10. The molecule has 0 aromatic heterocycles. The SMILES string of the molecule is O=c1c2ccc(OS(=O)(=O)C(F)(F)F)cc2c(=O)c2cc3c(=O)c4cc(OS(=O)(=O)C(F)(F)F)ccc4c(=O)c3cc12.O=c1c2ccc(OS(=O)(=O)C(F)(F)F)cc2c(=O)c2cc3c(=O)c4ccc(OS(=O)(=O)C(F)(F)F)cc4c(=O)c3cc12. The smallest absolute Gasteiger partial charge is 0.376 e. The average molecular weight is 1270 g/mol. The molecule has 0 aliphatic heterocycles. The molecule has 0 spiro atoms. The fraction of sp³-hybridized carbons (Fsp3) is 0.0833. The molecule has 0 heterocycles. The van der Waals surface area contributed by atoms with Crippen molar-refractivity contribution in [2.24, 2.45) is 0 Å². The van der Waals surface area contributed by atoms with Gasteiger partial charge in [0.1, 0.15) is 23.0 Å². The van der Waals surface area contributed by atoms with E-state index in [1.54, 1.807) is 0 Å². The van der Waals surface area contributed by atoms with E-state index in [1.807, 2.05) is 0 Å². The molecule has 0 saturated heterocycles. The van der Waals surface area contributed by atoms with E-state index in [4.69, 9.17) is 0 Å². The Bertz CT molecular complexity index is 5240. The third-order valence-corrected chi connectivity index (χ3v) is 16.1. The second kappa shape index (κ2) is 19.2. The maximum Gasteiger partial charge on any atom is 0.534 e. The van der Waals surface area contributed by atoms with Crippen molar-refractivity contribution in [1.82, 2.24) is 0 Å². The molecule has 0 bridgehead atoms. The van der Waals surface area contributed by atoms with Crippen LogP contribution in [-0.4, -0.2) is 55.7 Å². The standard InChI is InChI=1S/2C24H8F6O10S2/c25-23(26,27)41(35,36)39-9-1-3-11-13(5-9)21(33)17-8-16-18(7-15(17)19(11)31)22(34)14-6-10(2-4-12(14)20(16)32)40-42(37,38)24(28,29)30;25-23(26,27)41(35,36)39-9-1-3-11-13(5-9)21(33)17-8-18-16(7-15(17)19(11)31)20(32)12-4-2-10(6-14(12)22(18)34)40-42(37,38)24(28,29)30/h2*1-8H. The zero-order valence-corrected chi connectivity index (χ0v) is 42.8. The summed E-state index contributed by atoms with van der Waals surface area (Å²) in [6.45, 7) is 0. The Morgan fingerprint density at radius 2 is 0.345 bits per heavy atom. The first-order valence-electron chi connectivity index (χ1n) is 21.8. The van der Waals surface area contributed by atoms with Gasteiger partial charge in [0, 0.05) is 86.2 Å². The van der Waals surface area contributed by atoms with Gasteiger partial charge in [0.2, 0.25) is 0 Å². The maximum absolute atomic E-state index is 13.2. The first-order chi connectivity index (χ1) is 38.5. The number of halogens is 12. The van der Waals surface area contributed by atoms with Gasteiger partial charge in [0.05, 0.1) is 0 Å². The lowest BCUT2D eigenvalue weighted by molar-refractivity contribution is -0.0504. The summed E-state index contributed by atoms with van der Waals surface area (Å²) < 4.78 is 259. The van der Waals surface area contributed by atoms with Crippen molar-refractivity contribution in [3.8, 4) is 23.0 Å². The monoisotopic (exact) mass is 1270 g/mol. The van der Waals surface area contributed by atoms with E-state index < -0.39 is 194 Å². The molecule has 0 fully saturated rings. The molecule has 0 aliphatic carbocycles. The van der Waals surface area contributed by atoms with Gasteiger partial charge in [0.15, 0.2) is 43.4 Å². The van der Waals surface area contributed by atoms with Crippen LogP contribution in [0.4, 0.5) is 52.7 Å². The van der Waals surface area contributed by atoms with Crippen LogP contribution in [0.1, 0.15) is 0 Å². The van der Waals surface area contributed by atoms with Crippen molar-refractivity contribution in [1.29, 1.82) is 0 Å². The Labute approximate surface area is 451 Å². The molecule has 0 atom stereocenters. The lowest BCUT2D eigenvalue weighted by atomic mass is 9.96. The van der Waals surface area contributed by atoms with Crippen LogP contribution >= 0.6 is 0 Å². The highest BCUT2D eigenvalue weighted by molar-refractivity contribution is 7.88. The number of hydrogen-bond acceptors (Lipinski definition) is 20. The van der Waals surface area contributed by atoms with E-state index in [-0.39, 0.29) is 21.5 Å². The van der Waals surface area contributed by atoms with Gasteiger partial charge in [-0.15, -0.1) is 0 Å². The van der Waals surface area contributed by atoms with Crippen molar-refractivity contribution in [2.75, 3.05) is 0 Å². The summed E-state index contributed by atoms with van der Waals surface area (Å²) in [6, 6.07) is 11.8. The van der Waals surface area contributed by atoms with Gasteiger partial charge in [-0.2, -0.15) is 86.4 Å². The van der Waals surface area contributed by atoms with Gasteiger partial charge in [-0.05, 0) is 97.1 Å². The summed E-state index contributed by atoms with van der Waals surface area (Å²) in [7, 11) is -24.5. The van der Waals surface area contributed by atoms with Crippen LogP contribution in [0.2, 0.25) is 0 Å². The van der Waals surface area contributed by atoms with E-state index >= 15 is 0 Å². The van der Waals surface area contributed by atoms with Crippen LogP contribution in [0, 0.1) is 0 Å². The van der Waals surface area contributed by atoms with Gasteiger partial charge in [-0.3, -0.25) is 38.4 Å². The van der Waals surface area contributed by atoms with Crippen molar-refractivity contribution in [3.63, 3.8) is 0 Å². The van der Waals surface area contributed by atoms with Crippen molar-refractivity contribution in [2.45, 2.75) is 22.0 Å². The molecule has 10 aromatic carbocycles. The largest absolute Gasteiger partial charge is 0.534 e. The Morgan fingerprint density at radius 3 is 0.488 bits per heavy atom. The van der Waals surface area contributed by atoms with Crippen LogP contribution in [-0.2, 0) is 40.5 Å². The minimum Gasteiger partial charge on any atom is -0.376 e. The molecule has 84 heavy (non-hydrogen) atoms. The van der Waals surface area contributed by atoms with Gasteiger partial charge in [-0.25, -0.2) is 0 Å². The van der Waals surface area contributed by atoms with E-state index in [0.29, 0.717) is 48.5 Å². The molecule has 436 valence electrons. The number of rotatable bonds is 8. The van der Waals surface area contributed by atoms with Crippen LogP contribution < -0.4 is 60.2 Å². The quantitative estimate of drug-likeness (QED) is 0.0713. The Kier molecular flexibility index (Phi) is 13.6. The molecule has 0 unspecified atom stereocenters. The highest BCUT2D eigenvalue weighted by Crippen LogP contribution is 2.34. The third-order valence-electron chi connectivity index (χ3n) is 12.2. The molecule has 0 N–H and O–H groups in total. The number of alkyl halides is 12. The summed E-state index contributed by atoms with van der Waals surface area (Å²) in [5.74, 6) is -3.82. The van der Waals surface area contributed by atoms with Crippen LogP contribution in [0.25, 0.3) is 86.2 Å². The minimum atomic E-state index is -6.13. The van der Waals surface area contributed by atoms with Gasteiger partial charge < -0.3 is 16.7 Å². The number of benzene rings is 10. The predicted octanol–water partition coefficient (Wildman–Crippen LogP) is 6.15. The van der Waals surface area contributed by atoms with Crippen molar-refractivity contribution in [3.05, 3.63) is 179 Å². The zero-order valence-electron chi connectivity index (χ0n) is 39.6. The normalized spacial score (nSPS) is 13.3. The topological polar surface area (TPSA) is 310 Å². The van der Waals surface area contributed by atoms with Crippen molar-refractivity contribution < 1.29 is 103 Å². The summed E-state index contributed by atoms with van der Waals surface area (Å²) in [6.07, 6.45) is 0. The summed E-state index contributed by atoms with van der Waals surface area (Å²) in [5.41, 5.74) is -31.2. The lowest BCUT2D eigenvalue weighted by Crippen LogP contribution is -2.28. The molecule has 0 radical (unpaired) electrons.